The van der Waals surface area contributed by atoms with Crippen molar-refractivity contribution >= 4 is 69.7 Å². The molecule has 14 heteroatoms. The molecule has 1 heterocycles. The minimum Gasteiger partial charge on any atom is -0.479 e. The minimum atomic E-state index is -1.03. The van der Waals surface area contributed by atoms with Crippen LogP contribution in [0.2, 0.25) is 25.1 Å². The van der Waals surface area contributed by atoms with E-state index < -0.39 is 17.0 Å². The number of nitro groups is 1. The van der Waals surface area contributed by atoms with Gasteiger partial charge in [-0.3, -0.25) is 10.1 Å². The van der Waals surface area contributed by atoms with Crippen LogP contribution in [-0.2, 0) is 4.79 Å². The van der Waals surface area contributed by atoms with Crippen molar-refractivity contribution in [3.63, 3.8) is 0 Å². The summed E-state index contributed by atoms with van der Waals surface area (Å²) in [5.41, 5.74) is -0.0272. The summed E-state index contributed by atoms with van der Waals surface area (Å²) in [5, 5.41) is 20.9. The second-order valence-electron chi connectivity index (χ2n) is 7.66. The average Bonchev–Trinajstić information content (AvgIpc) is 2.89. The lowest BCUT2D eigenvalue weighted by Gasteiger charge is -2.11. The number of ether oxygens (including phenoxy) is 3. The Kier molecular flexibility index (Phi) is 11.1. The van der Waals surface area contributed by atoms with E-state index in [1.54, 1.807) is 24.3 Å². The van der Waals surface area contributed by atoms with E-state index in [-0.39, 0.29) is 27.4 Å². The van der Waals surface area contributed by atoms with Crippen molar-refractivity contribution in [3.05, 3.63) is 108 Å². The third-order valence-corrected chi connectivity index (χ3v) is 5.96. The molecule has 4 aromatic rings. The third-order valence-electron chi connectivity index (χ3n) is 4.70. The van der Waals surface area contributed by atoms with Gasteiger partial charge in [0.25, 0.3) is 5.69 Å². The van der Waals surface area contributed by atoms with Crippen LogP contribution in [0.3, 0.4) is 0 Å². The van der Waals surface area contributed by atoms with Crippen LogP contribution in [-0.4, -0.2) is 27.1 Å². The summed E-state index contributed by atoms with van der Waals surface area (Å²) in [6, 6.07) is 16.5. The average molecular weight is 647 g/mol. The van der Waals surface area contributed by atoms with Gasteiger partial charge in [-0.15, -0.1) is 0 Å². The fourth-order valence-corrected chi connectivity index (χ4v) is 4.12. The van der Waals surface area contributed by atoms with Crippen molar-refractivity contribution in [2.24, 2.45) is 0 Å². The van der Waals surface area contributed by atoms with Gasteiger partial charge in [-0.05, 0) is 61.5 Å². The van der Waals surface area contributed by atoms with Gasteiger partial charge < -0.3 is 19.3 Å². The number of carbonyl (C=O) groups is 1. The molecule has 1 N–H and O–H groups in total. The Balaban J connectivity index is 0.000000222. The molecule has 208 valence electrons. The van der Waals surface area contributed by atoms with Crippen LogP contribution in [0.1, 0.15) is 6.92 Å². The maximum atomic E-state index is 10.7. The molecule has 4 rings (SSSR count). The van der Waals surface area contributed by atoms with Crippen LogP contribution in [0.4, 0.5) is 5.69 Å². The zero-order valence-corrected chi connectivity index (χ0v) is 24.0. The van der Waals surface area contributed by atoms with E-state index in [2.05, 4.69) is 4.98 Å². The second kappa shape index (κ2) is 14.2. The Labute approximate surface area is 252 Å². The molecule has 1 unspecified atom stereocenters. The summed E-state index contributed by atoms with van der Waals surface area (Å²) in [5.74, 6) is 0.744. The highest BCUT2D eigenvalue weighted by Crippen LogP contribution is 2.39. The summed E-state index contributed by atoms with van der Waals surface area (Å²) in [6.45, 7) is 1.45. The van der Waals surface area contributed by atoms with E-state index in [9.17, 15) is 14.9 Å². The topological polar surface area (TPSA) is 121 Å². The molecular weight excluding hydrogens is 630 g/mol. The molecule has 0 spiro atoms. The number of aliphatic carboxylic acids is 1. The maximum Gasteiger partial charge on any atom is 0.344 e. The number of pyridine rings is 1. The fraction of sp³-hybridized carbons (Fsp3) is 0.0769. The first-order chi connectivity index (χ1) is 18.9. The van der Waals surface area contributed by atoms with Gasteiger partial charge in [0.15, 0.2) is 11.9 Å². The Hall–Kier alpha value is -3.47. The fourth-order valence-electron chi connectivity index (χ4n) is 2.81. The Morgan fingerprint density at radius 2 is 1.32 bits per heavy atom. The number of nitro benzene ring substituents is 1. The van der Waals surface area contributed by atoms with E-state index in [1.807, 2.05) is 0 Å². The van der Waals surface area contributed by atoms with Gasteiger partial charge in [0, 0.05) is 23.4 Å². The quantitative estimate of drug-likeness (QED) is 0.148. The SMILES string of the molecule is CC(Oc1ccc(Oc2ncc(Cl)cc2Cl)cc1)C(=O)O.O=[N+]([O-])c1ccc(Oc2c(Cl)cc(Cl)cc2Cl)cc1. The molecule has 0 saturated carbocycles. The Bertz CT molecular complexity index is 1480. The van der Waals surface area contributed by atoms with Crippen LogP contribution in [0.5, 0.6) is 28.9 Å². The number of aromatic nitrogens is 1. The van der Waals surface area contributed by atoms with E-state index in [1.165, 1.54) is 55.6 Å². The lowest BCUT2D eigenvalue weighted by atomic mass is 10.3. The largest absolute Gasteiger partial charge is 0.479 e. The van der Waals surface area contributed by atoms with E-state index in [0.717, 1.165) is 0 Å². The van der Waals surface area contributed by atoms with E-state index >= 15 is 0 Å². The van der Waals surface area contributed by atoms with Crippen molar-refractivity contribution in [1.82, 2.24) is 4.98 Å². The van der Waals surface area contributed by atoms with Gasteiger partial charge in [0.1, 0.15) is 22.3 Å². The summed E-state index contributed by atoms with van der Waals surface area (Å²) >= 11 is 29.4. The zero-order valence-electron chi connectivity index (χ0n) is 20.2. The number of hydrogen-bond acceptors (Lipinski definition) is 7. The number of benzene rings is 3. The second-order valence-corrected chi connectivity index (χ2v) is 9.76. The van der Waals surface area contributed by atoms with Gasteiger partial charge in [0.05, 0.1) is 20.0 Å². The summed E-state index contributed by atoms with van der Waals surface area (Å²) in [7, 11) is 0. The van der Waals surface area contributed by atoms with Crippen molar-refractivity contribution < 1.29 is 29.0 Å². The van der Waals surface area contributed by atoms with Crippen LogP contribution in [0, 0.1) is 10.1 Å². The highest BCUT2D eigenvalue weighted by Gasteiger charge is 2.13. The predicted molar refractivity (Wildman–Crippen MR) is 153 cm³/mol. The summed E-state index contributed by atoms with van der Waals surface area (Å²) < 4.78 is 16.2. The Morgan fingerprint density at radius 1 is 0.825 bits per heavy atom. The van der Waals surface area contributed by atoms with Crippen molar-refractivity contribution in [1.29, 1.82) is 0 Å². The van der Waals surface area contributed by atoms with Crippen LogP contribution in [0.25, 0.3) is 0 Å². The van der Waals surface area contributed by atoms with Crippen molar-refractivity contribution in [2.75, 3.05) is 0 Å². The first kappa shape index (κ1) is 31.1. The molecule has 40 heavy (non-hydrogen) atoms. The number of carboxylic acids is 1. The lowest BCUT2D eigenvalue weighted by molar-refractivity contribution is -0.384. The van der Waals surface area contributed by atoms with E-state index in [0.29, 0.717) is 32.3 Å². The predicted octanol–water partition coefficient (Wildman–Crippen LogP) is 9.38. The van der Waals surface area contributed by atoms with Crippen molar-refractivity contribution in [3.8, 4) is 28.9 Å². The smallest absolute Gasteiger partial charge is 0.344 e. The number of nitrogens with zero attached hydrogens (tertiary/aromatic N) is 2. The van der Waals surface area contributed by atoms with Gasteiger partial charge in [0.2, 0.25) is 5.88 Å². The number of hydrogen-bond donors (Lipinski definition) is 1. The molecule has 0 bridgehead atoms. The molecular formula is C26H17Cl5N2O7. The highest BCUT2D eigenvalue weighted by atomic mass is 35.5. The van der Waals surface area contributed by atoms with Gasteiger partial charge >= 0.3 is 5.97 Å². The molecule has 0 fully saturated rings. The summed E-state index contributed by atoms with van der Waals surface area (Å²) in [4.78, 5) is 24.7. The Morgan fingerprint density at radius 3 is 1.85 bits per heavy atom. The summed E-state index contributed by atoms with van der Waals surface area (Å²) in [6.07, 6.45) is 0.499. The first-order valence-corrected chi connectivity index (χ1v) is 12.9. The molecule has 3 aromatic carbocycles. The van der Waals surface area contributed by atoms with Crippen LogP contribution < -0.4 is 14.2 Å². The molecule has 0 aliphatic carbocycles. The van der Waals surface area contributed by atoms with Crippen LogP contribution in [0.15, 0.2) is 72.9 Å². The number of rotatable bonds is 8. The number of non-ortho nitro benzene ring substituents is 1. The highest BCUT2D eigenvalue weighted by molar-refractivity contribution is 6.40. The molecule has 0 saturated heterocycles. The molecule has 0 amide bonds. The molecule has 0 radical (unpaired) electrons. The molecule has 1 aromatic heterocycles. The normalized spacial score (nSPS) is 11.1. The van der Waals surface area contributed by atoms with Crippen molar-refractivity contribution in [2.45, 2.75) is 13.0 Å². The zero-order chi connectivity index (χ0) is 29.4. The van der Waals surface area contributed by atoms with Gasteiger partial charge in [-0.25, -0.2) is 9.78 Å². The molecule has 9 nitrogen and oxygen atoms in total. The van der Waals surface area contributed by atoms with Gasteiger partial charge in [-0.1, -0.05) is 58.0 Å². The maximum absolute atomic E-state index is 10.7. The monoisotopic (exact) mass is 644 g/mol. The van der Waals surface area contributed by atoms with Gasteiger partial charge in [-0.2, -0.15) is 0 Å². The lowest BCUT2D eigenvalue weighted by Crippen LogP contribution is -2.22. The third kappa shape index (κ3) is 9.04. The molecule has 0 aliphatic rings. The number of halogens is 5. The first-order valence-electron chi connectivity index (χ1n) is 11.0. The standard InChI is InChI=1S/C14H11Cl2NO4.C12H6Cl3NO3/c1-8(14(18)19)20-10-2-4-11(5-3-10)21-13-12(16)6-9(15)7-17-13;13-7-5-10(14)12(11(15)6-7)19-9-3-1-8(2-4-9)16(17)18/h2-8H,1H3,(H,18,19);1-6H. The minimum absolute atomic E-state index is 0.0272. The number of carboxylic acid groups (broad SMARTS) is 1. The molecule has 1 atom stereocenters. The van der Waals surface area contributed by atoms with E-state index in [4.69, 9.17) is 77.3 Å². The molecule has 0 aliphatic heterocycles. The van der Waals surface area contributed by atoms with Crippen LogP contribution >= 0.6 is 58.0 Å².